The first-order chi connectivity index (χ1) is 18.0. The number of carbonyl (C=O) groups excluding carboxylic acids is 1. The van der Waals surface area contributed by atoms with Crippen LogP contribution in [0.25, 0.3) is 21.6 Å². The maximum Gasteiger partial charge on any atom is 0.239 e. The van der Waals surface area contributed by atoms with Crippen LogP contribution in [-0.2, 0) is 16.1 Å². The summed E-state index contributed by atoms with van der Waals surface area (Å²) < 4.78 is 21.6. The van der Waals surface area contributed by atoms with Crippen LogP contribution in [0.5, 0.6) is 0 Å². The lowest BCUT2D eigenvalue weighted by Gasteiger charge is -2.37. The van der Waals surface area contributed by atoms with E-state index >= 15 is 0 Å². The van der Waals surface area contributed by atoms with Crippen molar-refractivity contribution in [1.82, 2.24) is 34.7 Å². The highest BCUT2D eigenvalue weighted by Crippen LogP contribution is 2.30. The Bertz CT molecular complexity index is 1410. The van der Waals surface area contributed by atoms with Gasteiger partial charge in [0.15, 0.2) is 5.13 Å². The lowest BCUT2D eigenvalue weighted by atomic mass is 10.1. The van der Waals surface area contributed by atoms with Crippen LogP contribution in [0.4, 0.5) is 15.3 Å². The number of hydrogen-bond acceptors (Lipinski definition) is 9. The van der Waals surface area contributed by atoms with Crippen molar-refractivity contribution in [2.75, 3.05) is 31.6 Å². The fraction of sp³-hybridized carbons (Fsp3) is 0.320. The van der Waals surface area contributed by atoms with E-state index in [0.29, 0.717) is 48.7 Å². The zero-order chi connectivity index (χ0) is 25.8. The van der Waals surface area contributed by atoms with Crippen LogP contribution in [0.1, 0.15) is 6.92 Å². The number of ether oxygens (including phenoxy) is 1. The molecular formula is C25H27FN8O2S. The van der Waals surface area contributed by atoms with E-state index in [1.165, 1.54) is 17.4 Å². The minimum Gasteiger partial charge on any atom is -0.378 e. The van der Waals surface area contributed by atoms with E-state index < -0.39 is 5.82 Å². The lowest BCUT2D eigenvalue weighted by Crippen LogP contribution is -2.56. The molecule has 0 saturated carbocycles. The lowest BCUT2D eigenvalue weighted by molar-refractivity contribution is -0.133. The Balaban J connectivity index is 1.23. The molecule has 0 radical (unpaired) electrons. The summed E-state index contributed by atoms with van der Waals surface area (Å²) in [7, 11) is 0. The number of carbonyl (C=O) groups is 1. The van der Waals surface area contributed by atoms with Gasteiger partial charge in [-0.15, -0.1) is 6.58 Å². The third-order valence-electron chi connectivity index (χ3n) is 6.23. The van der Waals surface area contributed by atoms with Gasteiger partial charge >= 0.3 is 0 Å². The second-order valence-corrected chi connectivity index (χ2v) is 9.61. The molecule has 1 fully saturated rings. The Labute approximate surface area is 217 Å². The van der Waals surface area contributed by atoms with Gasteiger partial charge in [0.1, 0.15) is 28.9 Å². The van der Waals surface area contributed by atoms with Crippen molar-refractivity contribution < 1.29 is 13.9 Å². The van der Waals surface area contributed by atoms with Crippen molar-refractivity contribution in [3.8, 4) is 10.6 Å². The molecule has 37 heavy (non-hydrogen) atoms. The first-order valence-corrected chi connectivity index (χ1v) is 12.7. The molecule has 0 aliphatic carbocycles. The average molecular weight is 523 g/mol. The highest BCUT2D eigenvalue weighted by molar-refractivity contribution is 7.18. The smallest absolute Gasteiger partial charge is 0.239 e. The predicted octanol–water partition coefficient (Wildman–Crippen LogP) is 3.22. The third-order valence-corrected chi connectivity index (χ3v) is 7.15. The Kier molecular flexibility index (Phi) is 7.49. The maximum absolute atomic E-state index is 14.1. The molecule has 2 N–H and O–H groups in total. The fourth-order valence-electron chi connectivity index (χ4n) is 4.21. The van der Waals surface area contributed by atoms with Gasteiger partial charge in [0.25, 0.3) is 0 Å². The zero-order valence-electron chi connectivity index (χ0n) is 20.3. The predicted molar refractivity (Wildman–Crippen MR) is 140 cm³/mol. The molecular weight excluding hydrogens is 495 g/mol. The molecule has 0 bridgehead atoms. The number of aromatic nitrogens is 5. The zero-order valence-corrected chi connectivity index (χ0v) is 21.1. The van der Waals surface area contributed by atoms with Crippen LogP contribution in [0.2, 0.25) is 0 Å². The fourth-order valence-corrected chi connectivity index (χ4v) is 5.03. The number of imidazole rings is 1. The summed E-state index contributed by atoms with van der Waals surface area (Å²) in [5.41, 5.74) is 1.86. The van der Waals surface area contributed by atoms with E-state index in [2.05, 4.69) is 42.0 Å². The van der Waals surface area contributed by atoms with Crippen LogP contribution < -0.4 is 10.6 Å². The topological polar surface area (TPSA) is 110 Å². The molecule has 1 saturated heterocycles. The number of nitrogens with one attached hydrogen (secondary N) is 2. The third kappa shape index (κ3) is 5.50. The highest BCUT2D eigenvalue weighted by atomic mass is 32.1. The number of pyridine rings is 2. The summed E-state index contributed by atoms with van der Waals surface area (Å²) in [5.74, 6) is 0.118. The number of fused-ring (bicyclic) bond motifs is 1. The van der Waals surface area contributed by atoms with Crippen LogP contribution in [0.3, 0.4) is 0 Å². The highest BCUT2D eigenvalue weighted by Gasteiger charge is 2.31. The van der Waals surface area contributed by atoms with E-state index in [9.17, 15) is 9.18 Å². The van der Waals surface area contributed by atoms with Crippen molar-refractivity contribution in [3.63, 3.8) is 0 Å². The van der Waals surface area contributed by atoms with Crippen molar-refractivity contribution in [2.45, 2.75) is 25.6 Å². The molecule has 192 valence electrons. The minimum atomic E-state index is -0.396. The number of amides is 1. The number of halogens is 1. The van der Waals surface area contributed by atoms with E-state index in [1.54, 1.807) is 31.0 Å². The Hall–Kier alpha value is -3.74. The van der Waals surface area contributed by atoms with Crippen LogP contribution in [0, 0.1) is 5.82 Å². The minimum absolute atomic E-state index is 0.0641. The molecule has 1 aliphatic rings. The average Bonchev–Trinajstić information content (AvgIpc) is 3.55. The first-order valence-electron chi connectivity index (χ1n) is 11.9. The molecule has 4 aromatic rings. The molecule has 12 heteroatoms. The van der Waals surface area contributed by atoms with E-state index in [1.807, 2.05) is 23.6 Å². The largest absolute Gasteiger partial charge is 0.378 e. The summed E-state index contributed by atoms with van der Waals surface area (Å²) in [6.07, 6.45) is 8.37. The summed E-state index contributed by atoms with van der Waals surface area (Å²) in [5, 5.41) is 6.76. The molecule has 4 aromatic heterocycles. The van der Waals surface area contributed by atoms with Gasteiger partial charge in [-0.2, -0.15) is 0 Å². The summed E-state index contributed by atoms with van der Waals surface area (Å²) in [6, 6.07) is 4.54. The Morgan fingerprint density at radius 2 is 2.24 bits per heavy atom. The van der Waals surface area contributed by atoms with Gasteiger partial charge < -0.3 is 19.9 Å². The molecule has 5 heterocycles. The molecule has 1 unspecified atom stereocenters. The SMILES string of the molecule is C=CC(C)N1CCOC[C@H]1C(=O)NCCn1cnc2cnc(Nc3ncc(-c4ncccc4F)s3)cc21. The molecule has 2 atom stereocenters. The number of nitrogens with zero attached hydrogens (tertiary/aromatic N) is 6. The second kappa shape index (κ2) is 11.1. The van der Waals surface area contributed by atoms with Crippen LogP contribution >= 0.6 is 11.3 Å². The number of thiazole rings is 1. The van der Waals surface area contributed by atoms with E-state index in [-0.39, 0.29) is 23.7 Å². The van der Waals surface area contributed by atoms with Crippen molar-refractivity contribution in [3.05, 3.63) is 61.6 Å². The van der Waals surface area contributed by atoms with Gasteiger partial charge in [-0.25, -0.2) is 19.3 Å². The maximum atomic E-state index is 14.1. The van der Waals surface area contributed by atoms with Crippen molar-refractivity contribution in [1.29, 1.82) is 0 Å². The molecule has 10 nitrogen and oxygen atoms in total. The van der Waals surface area contributed by atoms with Crippen LogP contribution in [0.15, 0.2) is 55.8 Å². The van der Waals surface area contributed by atoms with E-state index in [4.69, 9.17) is 4.74 Å². The Morgan fingerprint density at radius 3 is 3.08 bits per heavy atom. The molecule has 5 rings (SSSR count). The second-order valence-electron chi connectivity index (χ2n) is 8.58. The number of rotatable bonds is 9. The summed E-state index contributed by atoms with van der Waals surface area (Å²) in [4.78, 5) is 32.8. The number of hydrogen-bond donors (Lipinski definition) is 2. The van der Waals surface area contributed by atoms with Gasteiger partial charge in [-0.05, 0) is 19.1 Å². The van der Waals surface area contributed by atoms with Crippen LogP contribution in [-0.4, -0.2) is 73.7 Å². The normalized spacial score (nSPS) is 17.0. The van der Waals surface area contributed by atoms with Crippen molar-refractivity contribution >= 4 is 39.2 Å². The Morgan fingerprint density at radius 1 is 1.35 bits per heavy atom. The molecule has 1 aliphatic heterocycles. The van der Waals surface area contributed by atoms with Gasteiger partial charge in [-0.1, -0.05) is 17.4 Å². The number of anilines is 2. The standard InChI is InChI=1S/C25H27FN8O2S/c1-3-16(2)34-9-10-36-14-20(34)24(35)28-7-8-33-15-31-18-12-29-22(11-19(18)33)32-25-30-13-21(37-25)23-17(26)5-4-6-27-23/h3-6,11-13,15-16,20H,1,7-10,14H2,2H3,(H,28,35)(H,29,30,32)/t16?,20-/m0/s1. The summed E-state index contributed by atoms with van der Waals surface area (Å²) >= 11 is 1.29. The monoisotopic (exact) mass is 522 g/mol. The first kappa shape index (κ1) is 24.9. The molecule has 0 spiro atoms. The number of morpholine rings is 1. The molecule has 1 amide bonds. The van der Waals surface area contributed by atoms with E-state index in [0.717, 1.165) is 11.0 Å². The summed E-state index contributed by atoms with van der Waals surface area (Å²) in [6.45, 7) is 8.52. The molecule has 0 aromatic carbocycles. The van der Waals surface area contributed by atoms with Crippen molar-refractivity contribution in [2.24, 2.45) is 0 Å². The van der Waals surface area contributed by atoms with Gasteiger partial charge in [0.2, 0.25) is 5.91 Å². The van der Waals surface area contributed by atoms with Gasteiger partial charge in [-0.3, -0.25) is 14.7 Å². The van der Waals surface area contributed by atoms with Gasteiger partial charge in [0, 0.05) is 44.1 Å². The van der Waals surface area contributed by atoms with Gasteiger partial charge in [0.05, 0.1) is 36.1 Å². The quantitative estimate of drug-likeness (QED) is 0.323.